The number of rotatable bonds is 7. The summed E-state index contributed by atoms with van der Waals surface area (Å²) in [6.45, 7) is 1.59. The second-order valence-corrected chi connectivity index (χ2v) is 6.12. The highest BCUT2D eigenvalue weighted by Crippen LogP contribution is 2.24. The van der Waals surface area contributed by atoms with Crippen LogP contribution in [-0.4, -0.2) is 20.6 Å². The van der Waals surface area contributed by atoms with Crippen molar-refractivity contribution in [1.82, 2.24) is 0 Å². The Hall–Kier alpha value is -2.37. The molecule has 0 unspecified atom stereocenters. The summed E-state index contributed by atoms with van der Waals surface area (Å²) in [6.07, 6.45) is 1.71. The predicted octanol–water partition coefficient (Wildman–Crippen LogP) is 1.63. The highest BCUT2D eigenvalue weighted by atomic mass is 19.1. The van der Waals surface area contributed by atoms with Gasteiger partial charge in [-0.15, -0.1) is 0 Å². The number of hydrogen-bond donors (Lipinski definition) is 2. The maximum absolute atomic E-state index is 13.8. The molecule has 0 saturated heterocycles. The molecule has 0 amide bonds. The first-order chi connectivity index (χ1) is 11.6. The van der Waals surface area contributed by atoms with Crippen molar-refractivity contribution in [3.05, 3.63) is 72.1 Å². The molecule has 0 saturated carbocycles. The standard InChI is InChI=1S/C19H21FN2O2/c1-22(2)17(19-8-5-11-23-19)13-21-12-14-9-10-18(24-14)15-6-3-4-7-16(15)20/h3-11,17,21H,12-13H2,1-2H3/p+2/t17-/m0/s1. The second-order valence-electron chi connectivity index (χ2n) is 6.12. The van der Waals surface area contributed by atoms with Crippen molar-refractivity contribution in [2.45, 2.75) is 12.6 Å². The second kappa shape index (κ2) is 7.47. The molecule has 4 nitrogen and oxygen atoms in total. The summed E-state index contributed by atoms with van der Waals surface area (Å²) >= 11 is 0. The molecule has 1 atom stereocenters. The maximum atomic E-state index is 13.8. The van der Waals surface area contributed by atoms with Crippen molar-refractivity contribution in [2.24, 2.45) is 0 Å². The molecule has 0 spiro atoms. The van der Waals surface area contributed by atoms with Gasteiger partial charge in [-0.2, -0.15) is 0 Å². The zero-order chi connectivity index (χ0) is 16.9. The summed E-state index contributed by atoms with van der Waals surface area (Å²) in [6, 6.07) is 14.6. The van der Waals surface area contributed by atoms with Crippen LogP contribution in [-0.2, 0) is 6.54 Å². The Morgan fingerprint density at radius 3 is 2.62 bits per heavy atom. The number of nitrogens with two attached hydrogens (primary N) is 1. The maximum Gasteiger partial charge on any atom is 0.195 e. The summed E-state index contributed by atoms with van der Waals surface area (Å²) in [5.74, 6) is 2.12. The summed E-state index contributed by atoms with van der Waals surface area (Å²) in [7, 11) is 4.23. The quantitative estimate of drug-likeness (QED) is 0.692. The Morgan fingerprint density at radius 2 is 1.92 bits per heavy atom. The monoisotopic (exact) mass is 330 g/mol. The summed E-state index contributed by atoms with van der Waals surface area (Å²) < 4.78 is 25.1. The van der Waals surface area contributed by atoms with E-state index in [1.54, 1.807) is 24.5 Å². The van der Waals surface area contributed by atoms with E-state index in [2.05, 4.69) is 19.4 Å². The van der Waals surface area contributed by atoms with E-state index in [9.17, 15) is 4.39 Å². The van der Waals surface area contributed by atoms with Gasteiger partial charge in [0.25, 0.3) is 0 Å². The highest BCUT2D eigenvalue weighted by Gasteiger charge is 2.22. The Labute approximate surface area is 140 Å². The SMILES string of the molecule is C[NH+](C)[C@@H](C[NH2+]Cc1ccc(-c2ccccc2F)o1)c1ccco1. The number of hydrogen-bond acceptors (Lipinski definition) is 2. The van der Waals surface area contributed by atoms with Gasteiger partial charge in [-0.05, 0) is 36.4 Å². The molecule has 5 heteroatoms. The molecule has 2 heterocycles. The molecule has 126 valence electrons. The number of furan rings is 2. The molecule has 3 rings (SSSR count). The molecule has 0 fully saturated rings. The van der Waals surface area contributed by atoms with Crippen LogP contribution >= 0.6 is 0 Å². The normalized spacial score (nSPS) is 12.7. The van der Waals surface area contributed by atoms with Gasteiger partial charge in [-0.3, -0.25) is 0 Å². The first kappa shape index (κ1) is 16.5. The van der Waals surface area contributed by atoms with Gasteiger partial charge < -0.3 is 19.1 Å². The first-order valence-corrected chi connectivity index (χ1v) is 8.14. The van der Waals surface area contributed by atoms with Gasteiger partial charge >= 0.3 is 0 Å². The van der Waals surface area contributed by atoms with Gasteiger partial charge in [0.1, 0.15) is 24.7 Å². The molecule has 24 heavy (non-hydrogen) atoms. The molecular formula is C19H23FN2O2+2. The topological polar surface area (TPSA) is 47.3 Å². The van der Waals surface area contributed by atoms with E-state index in [4.69, 9.17) is 8.83 Å². The van der Waals surface area contributed by atoms with Crippen molar-refractivity contribution in [3.8, 4) is 11.3 Å². The number of likely N-dealkylation sites (N-methyl/N-ethyl adjacent to an activating group) is 1. The van der Waals surface area contributed by atoms with Crippen LogP contribution in [0.2, 0.25) is 0 Å². The van der Waals surface area contributed by atoms with Crippen molar-refractivity contribution in [2.75, 3.05) is 20.6 Å². The summed E-state index contributed by atoms with van der Waals surface area (Å²) in [5.41, 5.74) is 0.495. The Bertz CT molecular complexity index is 765. The summed E-state index contributed by atoms with van der Waals surface area (Å²) in [4.78, 5) is 1.31. The third kappa shape index (κ3) is 3.75. The van der Waals surface area contributed by atoms with Crippen molar-refractivity contribution < 1.29 is 23.4 Å². The fourth-order valence-electron chi connectivity index (χ4n) is 2.81. The van der Waals surface area contributed by atoms with E-state index < -0.39 is 0 Å². The van der Waals surface area contributed by atoms with E-state index in [0.29, 0.717) is 17.9 Å². The zero-order valence-electron chi connectivity index (χ0n) is 14.0. The number of benzene rings is 1. The van der Waals surface area contributed by atoms with E-state index in [1.165, 1.54) is 11.0 Å². The molecule has 0 aliphatic carbocycles. The van der Waals surface area contributed by atoms with Crippen LogP contribution in [0, 0.1) is 5.82 Å². The van der Waals surface area contributed by atoms with Crippen LogP contribution in [0.15, 0.2) is 63.6 Å². The lowest BCUT2D eigenvalue weighted by molar-refractivity contribution is -0.911. The molecule has 0 bridgehead atoms. The van der Waals surface area contributed by atoms with Gasteiger partial charge in [0.15, 0.2) is 17.6 Å². The molecule has 3 N–H and O–H groups in total. The lowest BCUT2D eigenvalue weighted by Gasteiger charge is -2.17. The van der Waals surface area contributed by atoms with Crippen LogP contribution in [0.3, 0.4) is 0 Å². The molecular weight excluding hydrogens is 307 g/mol. The van der Waals surface area contributed by atoms with Crippen LogP contribution < -0.4 is 10.2 Å². The van der Waals surface area contributed by atoms with E-state index >= 15 is 0 Å². The largest absolute Gasteiger partial charge is 0.463 e. The van der Waals surface area contributed by atoms with E-state index in [0.717, 1.165) is 18.1 Å². The highest BCUT2D eigenvalue weighted by molar-refractivity contribution is 5.58. The number of nitrogens with one attached hydrogen (secondary N) is 1. The van der Waals surface area contributed by atoms with Gasteiger partial charge in [0, 0.05) is 0 Å². The zero-order valence-corrected chi connectivity index (χ0v) is 14.0. The molecule has 3 aromatic rings. The van der Waals surface area contributed by atoms with Gasteiger partial charge in [-0.25, -0.2) is 4.39 Å². The minimum Gasteiger partial charge on any atom is -0.463 e. The predicted molar refractivity (Wildman–Crippen MR) is 88.9 cm³/mol. The van der Waals surface area contributed by atoms with Gasteiger partial charge in [-0.1, -0.05) is 12.1 Å². The average molecular weight is 330 g/mol. The van der Waals surface area contributed by atoms with Crippen LogP contribution in [0.4, 0.5) is 4.39 Å². The first-order valence-electron chi connectivity index (χ1n) is 8.14. The van der Waals surface area contributed by atoms with Crippen LogP contribution in [0.25, 0.3) is 11.3 Å². The Kier molecular flexibility index (Phi) is 5.13. The fourth-order valence-corrected chi connectivity index (χ4v) is 2.81. The summed E-state index contributed by atoms with van der Waals surface area (Å²) in [5, 5.41) is 2.18. The van der Waals surface area contributed by atoms with Crippen LogP contribution in [0.1, 0.15) is 17.6 Å². The van der Waals surface area contributed by atoms with Gasteiger partial charge in [0.05, 0.1) is 25.9 Å². The minimum absolute atomic E-state index is 0.267. The fraction of sp³-hybridized carbons (Fsp3) is 0.263. The minimum atomic E-state index is -0.267. The smallest absolute Gasteiger partial charge is 0.195 e. The lowest BCUT2D eigenvalue weighted by atomic mass is 10.1. The third-order valence-corrected chi connectivity index (χ3v) is 4.13. The van der Waals surface area contributed by atoms with Crippen molar-refractivity contribution in [3.63, 3.8) is 0 Å². The Morgan fingerprint density at radius 1 is 1.08 bits per heavy atom. The average Bonchev–Trinajstić information content (AvgIpc) is 3.23. The van der Waals surface area contributed by atoms with Crippen molar-refractivity contribution >= 4 is 0 Å². The van der Waals surface area contributed by atoms with E-state index in [-0.39, 0.29) is 11.9 Å². The van der Waals surface area contributed by atoms with Crippen LogP contribution in [0.5, 0.6) is 0 Å². The molecule has 0 aliphatic heterocycles. The third-order valence-electron chi connectivity index (χ3n) is 4.13. The van der Waals surface area contributed by atoms with Crippen molar-refractivity contribution in [1.29, 1.82) is 0 Å². The number of quaternary nitrogens is 2. The number of halogens is 1. The van der Waals surface area contributed by atoms with Gasteiger partial charge in [0.2, 0.25) is 0 Å². The lowest BCUT2D eigenvalue weighted by Crippen LogP contribution is -3.09. The van der Waals surface area contributed by atoms with E-state index in [1.807, 2.05) is 24.3 Å². The molecule has 0 radical (unpaired) electrons. The molecule has 1 aromatic carbocycles. The molecule has 2 aromatic heterocycles. The molecule has 0 aliphatic rings. The Balaban J connectivity index is 1.60.